The molecule has 0 fully saturated rings. The molecular formula is C22H16BrFN6O. The average molecular weight is 479 g/mol. The minimum absolute atomic E-state index is 0.186. The van der Waals surface area contributed by atoms with E-state index in [1.165, 1.54) is 10.7 Å². The molecular weight excluding hydrogens is 463 g/mol. The van der Waals surface area contributed by atoms with E-state index in [1.807, 2.05) is 43.3 Å². The Kier molecular flexibility index (Phi) is 4.82. The van der Waals surface area contributed by atoms with Crippen LogP contribution in [0, 0.1) is 12.7 Å². The zero-order valence-electron chi connectivity index (χ0n) is 16.4. The van der Waals surface area contributed by atoms with Gasteiger partial charge in [0.2, 0.25) is 5.91 Å². The van der Waals surface area contributed by atoms with Crippen LogP contribution in [0.3, 0.4) is 0 Å². The molecule has 5 rings (SSSR count). The molecule has 3 heterocycles. The van der Waals surface area contributed by atoms with Gasteiger partial charge in [0.15, 0.2) is 0 Å². The normalized spacial score (nSPS) is 15.5. The summed E-state index contributed by atoms with van der Waals surface area (Å²) < 4.78 is 16.1. The molecule has 1 aliphatic rings. The van der Waals surface area contributed by atoms with Crippen molar-refractivity contribution in [3.63, 3.8) is 0 Å². The SMILES string of the molecule is Cc1nn(-c2nncc(-c3ccccc3)n2)c2c1[C@H](c1ccc(Br)c(F)c1)CC(=O)N2. The van der Waals surface area contributed by atoms with Crippen molar-refractivity contribution in [1.82, 2.24) is 25.0 Å². The van der Waals surface area contributed by atoms with Crippen LogP contribution in [0.15, 0.2) is 59.2 Å². The summed E-state index contributed by atoms with van der Waals surface area (Å²) in [7, 11) is 0. The first-order chi connectivity index (χ1) is 15.0. The number of hydrogen-bond donors (Lipinski definition) is 1. The molecule has 0 unspecified atom stereocenters. The van der Waals surface area contributed by atoms with Crippen LogP contribution in [0.2, 0.25) is 0 Å². The quantitative estimate of drug-likeness (QED) is 0.471. The summed E-state index contributed by atoms with van der Waals surface area (Å²) in [5.41, 5.74) is 3.76. The van der Waals surface area contributed by atoms with Crippen molar-refractivity contribution >= 4 is 27.7 Å². The highest BCUT2D eigenvalue weighted by atomic mass is 79.9. The highest BCUT2D eigenvalue weighted by Crippen LogP contribution is 2.40. The van der Waals surface area contributed by atoms with Crippen LogP contribution in [0.25, 0.3) is 17.2 Å². The number of fused-ring (bicyclic) bond motifs is 1. The van der Waals surface area contributed by atoms with Crippen molar-refractivity contribution in [2.75, 3.05) is 5.32 Å². The van der Waals surface area contributed by atoms with Gasteiger partial charge in [-0.15, -0.1) is 5.10 Å². The molecule has 1 atom stereocenters. The molecule has 0 saturated heterocycles. The molecule has 0 saturated carbocycles. The Bertz CT molecular complexity index is 1310. The van der Waals surface area contributed by atoms with E-state index < -0.39 is 0 Å². The monoisotopic (exact) mass is 478 g/mol. The molecule has 7 nitrogen and oxygen atoms in total. The third-order valence-corrected chi connectivity index (χ3v) is 5.90. The van der Waals surface area contributed by atoms with Crippen LogP contribution in [-0.4, -0.2) is 30.9 Å². The minimum Gasteiger partial charge on any atom is -0.310 e. The number of aromatic nitrogens is 5. The van der Waals surface area contributed by atoms with Gasteiger partial charge >= 0.3 is 0 Å². The lowest BCUT2D eigenvalue weighted by molar-refractivity contribution is -0.116. The number of nitrogens with zero attached hydrogens (tertiary/aromatic N) is 5. The van der Waals surface area contributed by atoms with E-state index in [-0.39, 0.29) is 30.0 Å². The first-order valence-corrected chi connectivity index (χ1v) is 10.4. The second kappa shape index (κ2) is 7.66. The van der Waals surface area contributed by atoms with Crippen LogP contribution in [-0.2, 0) is 4.79 Å². The molecule has 154 valence electrons. The van der Waals surface area contributed by atoms with Crippen LogP contribution < -0.4 is 5.32 Å². The van der Waals surface area contributed by atoms with Gasteiger partial charge in [0.1, 0.15) is 11.6 Å². The summed E-state index contributed by atoms with van der Waals surface area (Å²) in [4.78, 5) is 17.1. The maximum Gasteiger partial charge on any atom is 0.272 e. The Morgan fingerprint density at radius 3 is 2.77 bits per heavy atom. The fraction of sp³-hybridized carbons (Fsp3) is 0.136. The first-order valence-electron chi connectivity index (χ1n) is 9.61. The van der Waals surface area contributed by atoms with Crippen molar-refractivity contribution < 1.29 is 9.18 Å². The van der Waals surface area contributed by atoms with Gasteiger partial charge in [-0.3, -0.25) is 4.79 Å². The molecule has 2 aromatic carbocycles. The van der Waals surface area contributed by atoms with E-state index in [2.05, 4.69) is 41.5 Å². The number of benzene rings is 2. The molecule has 0 aliphatic carbocycles. The third kappa shape index (κ3) is 3.50. The summed E-state index contributed by atoms with van der Waals surface area (Å²) in [5.74, 6) is -0.166. The number of amides is 1. The number of carbonyl (C=O) groups excluding carboxylic acids is 1. The molecule has 0 radical (unpaired) electrons. The summed E-state index contributed by atoms with van der Waals surface area (Å²) in [5, 5.41) is 15.7. The van der Waals surface area contributed by atoms with Gasteiger partial charge in [-0.25, -0.2) is 9.37 Å². The molecule has 1 N–H and O–H groups in total. The Morgan fingerprint density at radius 2 is 2.00 bits per heavy atom. The zero-order chi connectivity index (χ0) is 21.5. The maximum absolute atomic E-state index is 14.2. The van der Waals surface area contributed by atoms with Crippen LogP contribution in [0.1, 0.15) is 29.2 Å². The molecule has 9 heteroatoms. The van der Waals surface area contributed by atoms with E-state index in [1.54, 1.807) is 12.3 Å². The van der Waals surface area contributed by atoms with Gasteiger partial charge in [0.05, 0.1) is 22.1 Å². The van der Waals surface area contributed by atoms with Gasteiger partial charge in [-0.2, -0.15) is 14.9 Å². The molecule has 2 aromatic heterocycles. The number of halogens is 2. The average Bonchev–Trinajstić information content (AvgIpc) is 3.12. The lowest BCUT2D eigenvalue weighted by Gasteiger charge is -2.24. The molecule has 0 bridgehead atoms. The van der Waals surface area contributed by atoms with Crippen molar-refractivity contribution in [2.45, 2.75) is 19.3 Å². The van der Waals surface area contributed by atoms with Gasteiger partial charge in [-0.05, 0) is 40.5 Å². The fourth-order valence-corrected chi connectivity index (χ4v) is 4.08. The van der Waals surface area contributed by atoms with Crippen LogP contribution in [0.5, 0.6) is 0 Å². The second-order valence-electron chi connectivity index (χ2n) is 7.25. The predicted octanol–water partition coefficient (Wildman–Crippen LogP) is 4.41. The molecule has 1 amide bonds. The van der Waals surface area contributed by atoms with E-state index in [0.717, 1.165) is 11.1 Å². The number of anilines is 1. The lowest BCUT2D eigenvalue weighted by atomic mass is 9.86. The van der Waals surface area contributed by atoms with Gasteiger partial charge in [-0.1, -0.05) is 36.4 Å². The number of carbonyl (C=O) groups is 1. The zero-order valence-corrected chi connectivity index (χ0v) is 18.0. The molecule has 4 aromatic rings. The number of hydrogen-bond acceptors (Lipinski definition) is 5. The third-order valence-electron chi connectivity index (χ3n) is 5.26. The van der Waals surface area contributed by atoms with E-state index in [4.69, 9.17) is 0 Å². The highest BCUT2D eigenvalue weighted by molar-refractivity contribution is 9.10. The summed E-state index contributed by atoms with van der Waals surface area (Å²) >= 11 is 3.18. The van der Waals surface area contributed by atoms with Crippen molar-refractivity contribution in [2.24, 2.45) is 0 Å². The Hall–Kier alpha value is -3.46. The van der Waals surface area contributed by atoms with Crippen molar-refractivity contribution in [3.8, 4) is 17.2 Å². The Labute approximate surface area is 185 Å². The number of rotatable bonds is 3. The second-order valence-corrected chi connectivity index (χ2v) is 8.10. The predicted molar refractivity (Wildman–Crippen MR) is 116 cm³/mol. The minimum atomic E-state index is -0.377. The van der Waals surface area contributed by atoms with E-state index >= 15 is 0 Å². The highest BCUT2D eigenvalue weighted by Gasteiger charge is 2.33. The van der Waals surface area contributed by atoms with Crippen LogP contribution >= 0.6 is 15.9 Å². The van der Waals surface area contributed by atoms with Crippen molar-refractivity contribution in [1.29, 1.82) is 0 Å². The number of aryl methyl sites for hydroxylation is 1. The fourth-order valence-electron chi connectivity index (χ4n) is 3.84. The van der Waals surface area contributed by atoms with E-state index in [9.17, 15) is 9.18 Å². The summed E-state index contributed by atoms with van der Waals surface area (Å²) in [6.07, 6.45) is 1.78. The van der Waals surface area contributed by atoms with E-state index in [0.29, 0.717) is 27.2 Å². The summed E-state index contributed by atoms with van der Waals surface area (Å²) in [6.45, 7) is 1.85. The van der Waals surface area contributed by atoms with Gasteiger partial charge < -0.3 is 5.32 Å². The van der Waals surface area contributed by atoms with Crippen molar-refractivity contribution in [3.05, 3.63) is 81.8 Å². The maximum atomic E-state index is 14.2. The molecule has 1 aliphatic heterocycles. The first kappa shape index (κ1) is 19.5. The smallest absolute Gasteiger partial charge is 0.272 e. The molecule has 31 heavy (non-hydrogen) atoms. The van der Waals surface area contributed by atoms with Gasteiger partial charge in [0, 0.05) is 23.5 Å². The standard InChI is InChI=1S/C22H16BrFN6O/c1-12-20-15(14-7-8-16(23)17(24)9-14)10-19(31)27-21(20)30(29-12)22-26-18(11-25-28-22)13-5-3-2-4-6-13/h2-9,11,15H,10H2,1H3,(H,27,31)/t15-/m0/s1. The topological polar surface area (TPSA) is 85.6 Å². The van der Waals surface area contributed by atoms with Gasteiger partial charge in [0.25, 0.3) is 5.95 Å². The molecule has 0 spiro atoms. The largest absolute Gasteiger partial charge is 0.310 e. The lowest BCUT2D eigenvalue weighted by Crippen LogP contribution is -2.25. The Balaban J connectivity index is 1.63. The Morgan fingerprint density at radius 1 is 1.19 bits per heavy atom. The van der Waals surface area contributed by atoms with Crippen LogP contribution in [0.4, 0.5) is 10.2 Å². The number of nitrogens with one attached hydrogen (secondary N) is 1. The summed E-state index contributed by atoms with van der Waals surface area (Å²) in [6, 6.07) is 14.5.